The average molecular weight is 357 g/mol. The summed E-state index contributed by atoms with van der Waals surface area (Å²) in [6.45, 7) is -1.89. The first-order chi connectivity index (χ1) is 12.4. The van der Waals surface area contributed by atoms with E-state index in [4.69, 9.17) is 15.0 Å². The number of carbonyl (C=O) groups excluding carboxylic acids is 2. The minimum absolute atomic E-state index is 0.0589. The van der Waals surface area contributed by atoms with Crippen molar-refractivity contribution in [3.8, 4) is 0 Å². The molecule has 0 spiro atoms. The molecule has 2 atom stereocenters. The van der Waals surface area contributed by atoms with E-state index in [1.165, 1.54) is 19.4 Å². The van der Waals surface area contributed by atoms with Crippen LogP contribution in [-0.2, 0) is 19.2 Å². The number of thiazole rings is 1. The topological polar surface area (TPSA) is 135 Å². The third-order valence-corrected chi connectivity index (χ3v) is 4.44. The van der Waals surface area contributed by atoms with E-state index in [9.17, 15) is 14.4 Å². The normalized spacial score (nSPS) is 26.2. The Balaban J connectivity index is 2.28. The number of nitrogens with two attached hydrogens (primary N) is 1. The Morgan fingerprint density at radius 3 is 2.92 bits per heavy atom. The van der Waals surface area contributed by atoms with Crippen molar-refractivity contribution >= 4 is 39.8 Å². The highest BCUT2D eigenvalue weighted by atomic mass is 32.1. The zero-order valence-electron chi connectivity index (χ0n) is 16.0. The van der Waals surface area contributed by atoms with E-state index in [0.717, 1.165) is 16.2 Å². The monoisotopic (exact) mass is 357 g/mol. The SMILES string of the molecule is [2H]C([2H])([2H])[C@]1(C)[C@H](CC(=O)/C(=N\OCC(=O)O)c2csc(N)n2)C(=O)N1C. The lowest BCUT2D eigenvalue weighted by Crippen LogP contribution is -2.66. The Hall–Kier alpha value is -2.49. The summed E-state index contributed by atoms with van der Waals surface area (Å²) in [5, 5.41) is 13.7. The number of aromatic nitrogens is 1. The number of ketones is 1. The van der Waals surface area contributed by atoms with Crippen LogP contribution in [0.15, 0.2) is 10.5 Å². The number of nitrogens with zero attached hydrogens (tertiary/aromatic N) is 3. The van der Waals surface area contributed by atoms with Crippen LogP contribution in [0, 0.1) is 5.92 Å². The van der Waals surface area contributed by atoms with Gasteiger partial charge in [0.05, 0.1) is 5.92 Å². The predicted molar refractivity (Wildman–Crippen MR) is 86.6 cm³/mol. The molecule has 130 valence electrons. The average Bonchev–Trinajstić information content (AvgIpc) is 2.99. The largest absolute Gasteiger partial charge is 0.479 e. The fraction of sp³-hybridized carbons (Fsp3) is 0.500. The highest BCUT2D eigenvalue weighted by Gasteiger charge is 2.52. The molecule has 0 bridgehead atoms. The fourth-order valence-corrected chi connectivity index (χ4v) is 2.78. The lowest BCUT2D eigenvalue weighted by Gasteiger charge is -2.52. The maximum absolute atomic E-state index is 12.7. The number of hydrogen-bond acceptors (Lipinski definition) is 8. The molecule has 3 N–H and O–H groups in total. The van der Waals surface area contributed by atoms with Gasteiger partial charge < -0.3 is 20.6 Å². The summed E-state index contributed by atoms with van der Waals surface area (Å²) in [7, 11) is 1.36. The molecule has 1 aliphatic rings. The maximum atomic E-state index is 12.7. The summed E-state index contributed by atoms with van der Waals surface area (Å²) in [4.78, 5) is 45.1. The van der Waals surface area contributed by atoms with Gasteiger partial charge in [0, 0.05) is 28.5 Å². The van der Waals surface area contributed by atoms with Gasteiger partial charge in [-0.25, -0.2) is 9.78 Å². The van der Waals surface area contributed by atoms with Crippen molar-refractivity contribution in [1.29, 1.82) is 0 Å². The highest BCUT2D eigenvalue weighted by Crippen LogP contribution is 2.38. The van der Waals surface area contributed by atoms with Crippen LogP contribution in [0.1, 0.15) is 30.0 Å². The standard InChI is InChI=1S/C14H18N4O5S/c1-14(2)7(12(22)18(14)3)4-9(19)11(17-23-5-10(20)21)8-6-24-13(15)16-8/h6-7H,4-5H2,1-3H3,(H2,15,16)(H,20,21)/b17-11-/t7-/m1/s1/i1D3/t7-,14+. The molecule has 2 heterocycles. The minimum Gasteiger partial charge on any atom is -0.479 e. The highest BCUT2D eigenvalue weighted by molar-refractivity contribution is 7.13. The lowest BCUT2D eigenvalue weighted by molar-refractivity contribution is -0.164. The Morgan fingerprint density at radius 1 is 1.67 bits per heavy atom. The number of oxime groups is 1. The molecule has 9 nitrogen and oxygen atoms in total. The van der Waals surface area contributed by atoms with Crippen LogP contribution < -0.4 is 5.73 Å². The van der Waals surface area contributed by atoms with Crippen molar-refractivity contribution in [2.45, 2.75) is 25.7 Å². The van der Waals surface area contributed by atoms with Gasteiger partial charge in [0.25, 0.3) is 0 Å². The molecular formula is C14H18N4O5S. The van der Waals surface area contributed by atoms with Crippen molar-refractivity contribution in [3.63, 3.8) is 0 Å². The van der Waals surface area contributed by atoms with E-state index in [0.29, 0.717) is 0 Å². The zero-order chi connectivity index (χ0) is 20.6. The molecule has 0 saturated carbocycles. The molecule has 24 heavy (non-hydrogen) atoms. The molecular weight excluding hydrogens is 336 g/mol. The number of nitrogen functional groups attached to an aromatic ring is 1. The first kappa shape index (κ1) is 13.9. The molecule has 1 amide bonds. The summed E-state index contributed by atoms with van der Waals surface area (Å²) >= 11 is 1.03. The van der Waals surface area contributed by atoms with Gasteiger partial charge in [-0.2, -0.15) is 0 Å². The van der Waals surface area contributed by atoms with Crippen molar-refractivity contribution in [2.75, 3.05) is 19.4 Å². The number of carbonyl (C=O) groups is 3. The van der Waals surface area contributed by atoms with E-state index in [-0.39, 0.29) is 16.5 Å². The molecule has 1 aromatic rings. The zero-order valence-corrected chi connectivity index (χ0v) is 13.8. The molecule has 0 radical (unpaired) electrons. The van der Waals surface area contributed by atoms with Crippen LogP contribution in [-0.4, -0.2) is 57.6 Å². The molecule has 1 fully saturated rings. The van der Waals surface area contributed by atoms with Crippen molar-refractivity contribution in [2.24, 2.45) is 11.1 Å². The summed E-state index contributed by atoms with van der Waals surface area (Å²) in [5.74, 6) is -3.56. The molecule has 1 aliphatic heterocycles. The number of β-lactam (4-membered cyclic amide) rings is 1. The first-order valence-corrected chi connectivity index (χ1v) is 7.71. The Bertz CT molecular complexity index is 809. The summed E-state index contributed by atoms with van der Waals surface area (Å²) in [5.41, 5.74) is 3.78. The number of rotatable bonds is 7. The number of aliphatic carboxylic acids is 1. The van der Waals surface area contributed by atoms with Crippen molar-refractivity contribution in [3.05, 3.63) is 11.1 Å². The second kappa shape index (κ2) is 6.56. The number of hydrogen-bond donors (Lipinski definition) is 2. The summed E-state index contributed by atoms with van der Waals surface area (Å²) in [6.07, 6.45) is -0.440. The van der Waals surface area contributed by atoms with Gasteiger partial charge in [0.2, 0.25) is 12.5 Å². The number of Topliss-reactive ketones (excluding diaryl/α,β-unsaturated/α-hetero) is 1. The number of amides is 1. The van der Waals surface area contributed by atoms with Gasteiger partial charge in [-0.05, 0) is 13.8 Å². The Kier molecular flexibility index (Phi) is 3.80. The lowest BCUT2D eigenvalue weighted by atomic mass is 9.73. The van der Waals surface area contributed by atoms with Gasteiger partial charge in [0.15, 0.2) is 16.6 Å². The van der Waals surface area contributed by atoms with Gasteiger partial charge in [-0.3, -0.25) is 9.59 Å². The van der Waals surface area contributed by atoms with E-state index < -0.39 is 49.0 Å². The molecule has 1 aromatic heterocycles. The van der Waals surface area contributed by atoms with E-state index in [1.54, 1.807) is 0 Å². The van der Waals surface area contributed by atoms with Crippen LogP contribution in [0.4, 0.5) is 5.13 Å². The van der Waals surface area contributed by atoms with Gasteiger partial charge in [-0.1, -0.05) is 5.16 Å². The minimum atomic E-state index is -2.50. The van der Waals surface area contributed by atoms with Gasteiger partial charge in [-0.15, -0.1) is 11.3 Å². The fourth-order valence-electron chi connectivity index (χ4n) is 2.23. The molecule has 0 unspecified atom stereocenters. The van der Waals surface area contributed by atoms with Crippen molar-refractivity contribution < 1.29 is 28.4 Å². The smallest absolute Gasteiger partial charge is 0.344 e. The number of likely N-dealkylation sites (tertiary alicyclic amines) is 1. The van der Waals surface area contributed by atoms with E-state index in [1.807, 2.05) is 0 Å². The number of anilines is 1. The van der Waals surface area contributed by atoms with Crippen LogP contribution in [0.5, 0.6) is 0 Å². The molecule has 10 heteroatoms. The van der Waals surface area contributed by atoms with Gasteiger partial charge in [0.1, 0.15) is 5.69 Å². The summed E-state index contributed by atoms with van der Waals surface area (Å²) in [6, 6.07) is 0. The first-order valence-electron chi connectivity index (χ1n) is 8.33. The Morgan fingerprint density at radius 2 is 2.38 bits per heavy atom. The van der Waals surface area contributed by atoms with E-state index in [2.05, 4.69) is 15.0 Å². The third-order valence-electron chi connectivity index (χ3n) is 3.77. The maximum Gasteiger partial charge on any atom is 0.344 e. The Labute approximate surface area is 146 Å². The van der Waals surface area contributed by atoms with E-state index >= 15 is 0 Å². The third kappa shape index (κ3) is 3.37. The molecule has 2 rings (SSSR count). The van der Waals surface area contributed by atoms with Crippen LogP contribution in [0.3, 0.4) is 0 Å². The summed E-state index contributed by atoms with van der Waals surface area (Å²) < 4.78 is 23.1. The predicted octanol–water partition coefficient (Wildman–Crippen LogP) is 0.357. The van der Waals surface area contributed by atoms with Crippen molar-refractivity contribution in [1.82, 2.24) is 9.88 Å². The van der Waals surface area contributed by atoms with Crippen LogP contribution >= 0.6 is 11.3 Å². The van der Waals surface area contributed by atoms with Crippen LogP contribution in [0.25, 0.3) is 0 Å². The number of carboxylic acids is 1. The van der Waals surface area contributed by atoms with Crippen LogP contribution in [0.2, 0.25) is 0 Å². The second-order valence-corrected chi connectivity index (χ2v) is 6.29. The van der Waals surface area contributed by atoms with Gasteiger partial charge >= 0.3 is 5.97 Å². The second-order valence-electron chi connectivity index (χ2n) is 5.40. The molecule has 1 saturated heterocycles. The number of carboxylic acid groups (broad SMARTS) is 1. The molecule has 0 aromatic carbocycles. The molecule has 0 aliphatic carbocycles. The quantitative estimate of drug-likeness (QED) is 0.408.